The first-order chi connectivity index (χ1) is 15.0. The maximum Gasteiger partial charge on any atom is 0.268 e. The maximum atomic E-state index is 13.4. The first kappa shape index (κ1) is 21.3. The predicted octanol–water partition coefficient (Wildman–Crippen LogP) is 5.30. The first-order valence-electron chi connectivity index (χ1n) is 9.92. The molecule has 7 heteroatoms. The van der Waals surface area contributed by atoms with Gasteiger partial charge in [0.2, 0.25) is 0 Å². The Bertz CT molecular complexity index is 1260. The van der Waals surface area contributed by atoms with Gasteiger partial charge in [-0.2, -0.15) is 0 Å². The van der Waals surface area contributed by atoms with Crippen molar-refractivity contribution in [2.45, 2.75) is 23.3 Å². The Morgan fingerprint density at radius 1 is 0.903 bits per heavy atom. The Labute approximate surface area is 187 Å². The van der Waals surface area contributed by atoms with Crippen LogP contribution in [0.15, 0.2) is 94.9 Å². The summed E-state index contributed by atoms with van der Waals surface area (Å²) in [6, 6.07) is 24.5. The molecule has 160 valence electrons. The molecule has 0 radical (unpaired) electrons. The van der Waals surface area contributed by atoms with Crippen LogP contribution in [-0.2, 0) is 16.6 Å². The van der Waals surface area contributed by atoms with Crippen molar-refractivity contribution in [2.75, 3.05) is 12.9 Å². The summed E-state index contributed by atoms with van der Waals surface area (Å²) >= 11 is 1.78. The van der Waals surface area contributed by atoms with Gasteiger partial charge in [-0.25, -0.2) is 12.4 Å². The molecular weight excluding hydrogens is 428 g/mol. The average Bonchev–Trinajstić information content (AvgIpc) is 3.39. The second-order valence-corrected chi connectivity index (χ2v) is 10.0. The summed E-state index contributed by atoms with van der Waals surface area (Å²) in [5.41, 5.74) is 2.50. The minimum absolute atomic E-state index is 0.240. The molecule has 0 bridgehead atoms. The van der Waals surface area contributed by atoms with Crippen LogP contribution in [0.1, 0.15) is 5.69 Å². The fourth-order valence-corrected chi connectivity index (χ4v) is 5.72. The summed E-state index contributed by atoms with van der Waals surface area (Å²) in [6.45, 7) is 2.79. The lowest BCUT2D eigenvalue weighted by atomic mass is 10.3. The van der Waals surface area contributed by atoms with Crippen LogP contribution >= 0.6 is 11.8 Å². The van der Waals surface area contributed by atoms with Crippen molar-refractivity contribution in [2.24, 2.45) is 0 Å². The number of ether oxygens (including phenoxy) is 1. The Balaban J connectivity index is 1.70. The van der Waals surface area contributed by atoms with Gasteiger partial charge in [0.25, 0.3) is 10.0 Å². The van der Waals surface area contributed by atoms with Gasteiger partial charge in [0.15, 0.2) is 0 Å². The third kappa shape index (κ3) is 4.43. The number of hydrogen-bond donors (Lipinski definition) is 0. The normalized spacial score (nSPS) is 11.5. The lowest BCUT2D eigenvalue weighted by molar-refractivity contribution is 0.415. The SMILES string of the molecule is COc1cc(-c2ccc(C)n2CCSc2ccccc2)n(S(=O)(=O)c2ccccc2)c1. The van der Waals surface area contributed by atoms with Crippen LogP contribution in [0.5, 0.6) is 5.75 Å². The van der Waals surface area contributed by atoms with E-state index in [1.165, 1.54) is 15.1 Å². The molecule has 31 heavy (non-hydrogen) atoms. The molecule has 2 aromatic carbocycles. The molecule has 5 nitrogen and oxygen atoms in total. The van der Waals surface area contributed by atoms with Gasteiger partial charge in [-0.3, -0.25) is 0 Å². The molecule has 0 spiro atoms. The molecule has 2 aromatic heterocycles. The molecule has 0 amide bonds. The number of aryl methyl sites for hydroxylation is 1. The predicted molar refractivity (Wildman–Crippen MR) is 125 cm³/mol. The summed E-state index contributed by atoms with van der Waals surface area (Å²) in [7, 11) is -2.22. The molecular formula is C24H24N2O3S2. The summed E-state index contributed by atoms with van der Waals surface area (Å²) in [5, 5.41) is 0. The highest BCUT2D eigenvalue weighted by atomic mass is 32.2. The summed E-state index contributed by atoms with van der Waals surface area (Å²) < 4.78 is 35.6. The van der Waals surface area contributed by atoms with Gasteiger partial charge >= 0.3 is 0 Å². The summed E-state index contributed by atoms with van der Waals surface area (Å²) in [4.78, 5) is 1.45. The number of benzene rings is 2. The molecule has 4 rings (SSSR count). The second-order valence-electron chi connectivity index (χ2n) is 7.05. The van der Waals surface area contributed by atoms with E-state index in [9.17, 15) is 8.42 Å². The topological polar surface area (TPSA) is 53.2 Å². The van der Waals surface area contributed by atoms with Gasteiger partial charge in [-0.15, -0.1) is 11.8 Å². The Hall–Kier alpha value is -2.90. The molecule has 0 saturated heterocycles. The standard InChI is InChI=1S/C24H24N2O3S2/c1-19-13-14-23(25(19)15-16-30-21-9-5-3-6-10-21)24-17-20(29-2)18-26(24)31(27,28)22-11-7-4-8-12-22/h3-14,17-18H,15-16H2,1-2H3. The maximum absolute atomic E-state index is 13.4. The van der Waals surface area contributed by atoms with Gasteiger partial charge in [0.1, 0.15) is 5.75 Å². The minimum atomic E-state index is -3.76. The van der Waals surface area contributed by atoms with E-state index in [1.807, 2.05) is 37.3 Å². The lowest BCUT2D eigenvalue weighted by Gasteiger charge is -2.14. The molecule has 0 N–H and O–H groups in total. The van der Waals surface area contributed by atoms with Crippen molar-refractivity contribution in [1.29, 1.82) is 0 Å². The summed E-state index contributed by atoms with van der Waals surface area (Å²) in [5.74, 6) is 1.37. The number of thioether (sulfide) groups is 1. The van der Waals surface area contributed by atoms with E-state index in [2.05, 4.69) is 16.7 Å². The number of methoxy groups -OCH3 is 1. The molecule has 0 aliphatic heterocycles. The third-order valence-electron chi connectivity index (χ3n) is 5.08. The van der Waals surface area contributed by atoms with Gasteiger partial charge in [0.05, 0.1) is 29.6 Å². The Kier molecular flexibility index (Phi) is 6.25. The average molecular weight is 453 g/mol. The quantitative estimate of drug-likeness (QED) is 0.340. The van der Waals surface area contributed by atoms with Crippen LogP contribution in [0.2, 0.25) is 0 Å². The number of hydrogen-bond acceptors (Lipinski definition) is 4. The molecule has 0 aliphatic rings. The van der Waals surface area contributed by atoms with E-state index in [-0.39, 0.29) is 4.90 Å². The highest BCUT2D eigenvalue weighted by molar-refractivity contribution is 7.99. The van der Waals surface area contributed by atoms with Crippen LogP contribution in [0.25, 0.3) is 11.4 Å². The Morgan fingerprint density at radius 3 is 2.26 bits per heavy atom. The van der Waals surface area contributed by atoms with E-state index < -0.39 is 10.0 Å². The van der Waals surface area contributed by atoms with Gasteiger partial charge in [0, 0.05) is 29.0 Å². The monoisotopic (exact) mass is 452 g/mol. The zero-order chi connectivity index (χ0) is 21.8. The van der Waals surface area contributed by atoms with E-state index in [1.54, 1.807) is 55.3 Å². The smallest absolute Gasteiger partial charge is 0.268 e. The van der Waals surface area contributed by atoms with E-state index in [0.29, 0.717) is 11.4 Å². The molecule has 0 unspecified atom stereocenters. The molecule has 0 atom stereocenters. The molecule has 0 aliphatic carbocycles. The van der Waals surface area contributed by atoms with Crippen LogP contribution in [0.3, 0.4) is 0 Å². The highest BCUT2D eigenvalue weighted by Crippen LogP contribution is 2.32. The van der Waals surface area contributed by atoms with E-state index in [0.717, 1.165) is 23.7 Å². The van der Waals surface area contributed by atoms with Crippen molar-refractivity contribution in [3.63, 3.8) is 0 Å². The Morgan fingerprint density at radius 2 is 1.58 bits per heavy atom. The van der Waals surface area contributed by atoms with Crippen molar-refractivity contribution >= 4 is 21.8 Å². The van der Waals surface area contributed by atoms with Gasteiger partial charge in [-0.1, -0.05) is 36.4 Å². The number of rotatable bonds is 8. The molecule has 4 aromatic rings. The fourth-order valence-electron chi connectivity index (χ4n) is 3.49. The second kappa shape index (κ2) is 9.08. The van der Waals surface area contributed by atoms with Crippen molar-refractivity contribution in [3.05, 3.63) is 90.8 Å². The van der Waals surface area contributed by atoms with Crippen LogP contribution < -0.4 is 4.74 Å². The van der Waals surface area contributed by atoms with E-state index >= 15 is 0 Å². The van der Waals surface area contributed by atoms with Crippen molar-refractivity contribution < 1.29 is 13.2 Å². The van der Waals surface area contributed by atoms with Crippen LogP contribution in [0, 0.1) is 6.92 Å². The van der Waals surface area contributed by atoms with Crippen molar-refractivity contribution in [3.8, 4) is 17.1 Å². The zero-order valence-electron chi connectivity index (χ0n) is 17.4. The number of aromatic nitrogens is 2. The fraction of sp³-hybridized carbons (Fsp3) is 0.167. The van der Waals surface area contributed by atoms with Crippen molar-refractivity contribution in [1.82, 2.24) is 8.54 Å². The molecule has 0 saturated carbocycles. The number of nitrogens with zero attached hydrogens (tertiary/aromatic N) is 2. The largest absolute Gasteiger partial charge is 0.495 e. The summed E-state index contributed by atoms with van der Waals surface area (Å²) in [6.07, 6.45) is 1.53. The van der Waals surface area contributed by atoms with E-state index in [4.69, 9.17) is 4.74 Å². The molecule has 0 fully saturated rings. The van der Waals surface area contributed by atoms with Gasteiger partial charge < -0.3 is 9.30 Å². The third-order valence-corrected chi connectivity index (χ3v) is 7.76. The van der Waals surface area contributed by atoms with Gasteiger partial charge in [-0.05, 0) is 43.3 Å². The first-order valence-corrected chi connectivity index (χ1v) is 12.3. The minimum Gasteiger partial charge on any atom is -0.495 e. The van der Waals surface area contributed by atoms with Crippen LogP contribution in [-0.4, -0.2) is 29.8 Å². The lowest BCUT2D eigenvalue weighted by Crippen LogP contribution is -2.14. The highest BCUT2D eigenvalue weighted by Gasteiger charge is 2.24. The van der Waals surface area contributed by atoms with Crippen LogP contribution in [0.4, 0.5) is 0 Å². The molecule has 2 heterocycles. The zero-order valence-corrected chi connectivity index (χ0v) is 19.1.